The molecule has 2 aliphatic rings. The second-order valence-corrected chi connectivity index (χ2v) is 7.98. The summed E-state index contributed by atoms with van der Waals surface area (Å²) in [7, 11) is 1.82. The van der Waals surface area contributed by atoms with E-state index in [1.165, 1.54) is 12.1 Å². The second-order valence-electron chi connectivity index (χ2n) is 7.98. The van der Waals surface area contributed by atoms with Gasteiger partial charge in [0.05, 0.1) is 13.2 Å². The van der Waals surface area contributed by atoms with Gasteiger partial charge in [0.2, 0.25) is 0 Å². The Kier molecular flexibility index (Phi) is 11.9. The van der Waals surface area contributed by atoms with Crippen LogP contribution in [-0.2, 0) is 16.0 Å². The van der Waals surface area contributed by atoms with E-state index in [4.69, 9.17) is 9.47 Å². The molecule has 2 fully saturated rings. The van der Waals surface area contributed by atoms with E-state index < -0.39 is 0 Å². The monoisotopic (exact) mass is 534 g/mol. The molecule has 170 valence electrons. The second kappa shape index (κ2) is 14.2. The molecule has 0 aliphatic carbocycles. The average molecular weight is 534 g/mol. The Morgan fingerprint density at radius 1 is 1.23 bits per heavy atom. The van der Waals surface area contributed by atoms with Crippen LogP contribution in [0.15, 0.2) is 29.3 Å². The number of rotatable bonds is 9. The van der Waals surface area contributed by atoms with E-state index in [-0.39, 0.29) is 29.8 Å². The van der Waals surface area contributed by atoms with Gasteiger partial charge >= 0.3 is 0 Å². The van der Waals surface area contributed by atoms with Crippen molar-refractivity contribution in [1.29, 1.82) is 0 Å². The lowest BCUT2D eigenvalue weighted by atomic mass is 10.0. The summed E-state index contributed by atoms with van der Waals surface area (Å²) in [5, 5.41) is 6.93. The summed E-state index contributed by atoms with van der Waals surface area (Å²) in [5.41, 5.74) is 1.16. The van der Waals surface area contributed by atoms with Gasteiger partial charge in [0.25, 0.3) is 0 Å². The molecule has 2 aliphatic heterocycles. The fourth-order valence-electron chi connectivity index (χ4n) is 3.82. The van der Waals surface area contributed by atoms with Crippen LogP contribution < -0.4 is 10.6 Å². The molecule has 2 N–H and O–H groups in total. The third kappa shape index (κ3) is 9.03. The smallest absolute Gasteiger partial charge is 0.191 e. The lowest BCUT2D eigenvalue weighted by molar-refractivity contribution is 0.0888. The van der Waals surface area contributed by atoms with Gasteiger partial charge < -0.3 is 20.1 Å². The average Bonchev–Trinajstić information content (AvgIpc) is 3.26. The molecule has 1 atom stereocenters. The number of halogens is 2. The van der Waals surface area contributed by atoms with Crippen LogP contribution in [0.2, 0.25) is 0 Å². The van der Waals surface area contributed by atoms with Gasteiger partial charge in [0.15, 0.2) is 5.96 Å². The molecule has 0 radical (unpaired) electrons. The number of ether oxygens (including phenoxy) is 2. The maximum absolute atomic E-state index is 13.0. The standard InChI is InChI=1S/C22H35FN4O2.HI/c1-24-22(25-10-2-13-28-16-19-9-14-29-17-19)26-21-7-11-27(12-8-21)15-18-3-5-20(23)6-4-18;/h3-6,19,21H,2,7-17H2,1H3,(H2,24,25,26);1H. The van der Waals surface area contributed by atoms with Crippen molar-refractivity contribution in [2.24, 2.45) is 10.9 Å². The molecule has 2 heterocycles. The molecule has 0 spiro atoms. The fraction of sp³-hybridized carbons (Fsp3) is 0.682. The number of nitrogens with zero attached hydrogens (tertiary/aromatic N) is 2. The van der Waals surface area contributed by atoms with Crippen molar-refractivity contribution < 1.29 is 13.9 Å². The van der Waals surface area contributed by atoms with Gasteiger partial charge in [0, 0.05) is 58.4 Å². The van der Waals surface area contributed by atoms with Crippen LogP contribution in [0.3, 0.4) is 0 Å². The van der Waals surface area contributed by atoms with E-state index in [2.05, 4.69) is 20.5 Å². The summed E-state index contributed by atoms with van der Waals surface area (Å²) in [6.07, 6.45) is 4.24. The predicted octanol–water partition coefficient (Wildman–Crippen LogP) is 3.02. The molecule has 0 amide bonds. The Morgan fingerprint density at radius 3 is 2.67 bits per heavy atom. The van der Waals surface area contributed by atoms with Crippen molar-refractivity contribution in [1.82, 2.24) is 15.5 Å². The van der Waals surface area contributed by atoms with E-state index in [9.17, 15) is 4.39 Å². The van der Waals surface area contributed by atoms with Crippen molar-refractivity contribution in [3.05, 3.63) is 35.6 Å². The topological polar surface area (TPSA) is 58.1 Å². The molecule has 0 saturated carbocycles. The Bertz CT molecular complexity index is 618. The zero-order chi connectivity index (χ0) is 20.3. The highest BCUT2D eigenvalue weighted by molar-refractivity contribution is 14.0. The summed E-state index contributed by atoms with van der Waals surface area (Å²) < 4.78 is 24.1. The predicted molar refractivity (Wildman–Crippen MR) is 129 cm³/mol. The van der Waals surface area contributed by atoms with Crippen LogP contribution in [-0.4, -0.2) is 70.0 Å². The van der Waals surface area contributed by atoms with E-state index in [1.807, 2.05) is 19.2 Å². The first kappa shape index (κ1) is 25.3. The van der Waals surface area contributed by atoms with Crippen LogP contribution in [0.25, 0.3) is 0 Å². The minimum Gasteiger partial charge on any atom is -0.381 e. The van der Waals surface area contributed by atoms with Crippen molar-refractivity contribution in [2.45, 2.75) is 38.3 Å². The first-order valence-electron chi connectivity index (χ1n) is 10.8. The molecule has 6 nitrogen and oxygen atoms in total. The first-order chi connectivity index (χ1) is 14.2. The largest absolute Gasteiger partial charge is 0.381 e. The minimum absolute atomic E-state index is 0. The highest BCUT2D eigenvalue weighted by Crippen LogP contribution is 2.14. The molecule has 0 aromatic heterocycles. The van der Waals surface area contributed by atoms with Gasteiger partial charge in [-0.1, -0.05) is 12.1 Å². The molecule has 1 aromatic rings. The van der Waals surface area contributed by atoms with Crippen molar-refractivity contribution >= 4 is 29.9 Å². The summed E-state index contributed by atoms with van der Waals surface area (Å²) in [6, 6.07) is 7.25. The fourth-order valence-corrected chi connectivity index (χ4v) is 3.82. The number of hydrogen-bond donors (Lipinski definition) is 2. The molecule has 30 heavy (non-hydrogen) atoms. The number of likely N-dealkylation sites (tertiary alicyclic amines) is 1. The number of hydrogen-bond acceptors (Lipinski definition) is 4. The Labute approximate surface area is 197 Å². The summed E-state index contributed by atoms with van der Waals surface area (Å²) >= 11 is 0. The quantitative estimate of drug-likeness (QED) is 0.221. The number of piperidine rings is 1. The molecular weight excluding hydrogens is 498 g/mol. The zero-order valence-electron chi connectivity index (χ0n) is 17.9. The normalized spacial score (nSPS) is 20.7. The van der Waals surface area contributed by atoms with Gasteiger partial charge in [-0.3, -0.25) is 9.89 Å². The maximum Gasteiger partial charge on any atom is 0.191 e. The molecule has 3 rings (SSSR count). The third-order valence-corrected chi connectivity index (χ3v) is 5.61. The van der Waals surface area contributed by atoms with E-state index >= 15 is 0 Å². The van der Waals surface area contributed by atoms with Crippen LogP contribution in [0.5, 0.6) is 0 Å². The molecular formula is C22H36FIN4O2. The zero-order valence-corrected chi connectivity index (χ0v) is 20.3. The Hall–Kier alpha value is -0.970. The molecule has 1 unspecified atom stereocenters. The van der Waals surface area contributed by atoms with Crippen molar-refractivity contribution in [3.63, 3.8) is 0 Å². The van der Waals surface area contributed by atoms with E-state index in [0.717, 1.165) is 89.8 Å². The SMILES string of the molecule is CN=C(NCCCOCC1CCOC1)NC1CCN(Cc2ccc(F)cc2)CC1.I. The Balaban J connectivity index is 0.00000320. The minimum atomic E-state index is -0.175. The summed E-state index contributed by atoms with van der Waals surface area (Å²) in [5.74, 6) is 1.27. The van der Waals surface area contributed by atoms with E-state index in [0.29, 0.717) is 12.0 Å². The maximum atomic E-state index is 13.0. The molecule has 8 heteroatoms. The Morgan fingerprint density at radius 2 is 2.00 bits per heavy atom. The number of benzene rings is 1. The number of nitrogens with one attached hydrogen (secondary N) is 2. The number of aliphatic imine (C=N–C) groups is 1. The lowest BCUT2D eigenvalue weighted by Crippen LogP contribution is -2.48. The van der Waals surface area contributed by atoms with Gasteiger partial charge in [-0.25, -0.2) is 4.39 Å². The molecule has 0 bridgehead atoms. The highest BCUT2D eigenvalue weighted by Gasteiger charge is 2.20. The van der Waals surface area contributed by atoms with E-state index in [1.54, 1.807) is 0 Å². The van der Waals surface area contributed by atoms with Crippen LogP contribution in [0, 0.1) is 11.7 Å². The lowest BCUT2D eigenvalue weighted by Gasteiger charge is -2.33. The first-order valence-corrected chi connectivity index (χ1v) is 10.8. The van der Waals surface area contributed by atoms with Crippen LogP contribution >= 0.6 is 24.0 Å². The van der Waals surface area contributed by atoms with Crippen molar-refractivity contribution in [2.75, 3.05) is 53.1 Å². The summed E-state index contributed by atoms with van der Waals surface area (Å²) in [6.45, 7) is 7.10. The van der Waals surface area contributed by atoms with Gasteiger partial charge in [-0.05, 0) is 43.4 Å². The van der Waals surface area contributed by atoms with Gasteiger partial charge in [0.1, 0.15) is 5.82 Å². The van der Waals surface area contributed by atoms with Crippen LogP contribution in [0.4, 0.5) is 4.39 Å². The van der Waals surface area contributed by atoms with Crippen molar-refractivity contribution in [3.8, 4) is 0 Å². The van der Waals surface area contributed by atoms with Crippen LogP contribution in [0.1, 0.15) is 31.2 Å². The van der Waals surface area contributed by atoms with Gasteiger partial charge in [-0.15, -0.1) is 24.0 Å². The van der Waals surface area contributed by atoms with Gasteiger partial charge in [-0.2, -0.15) is 0 Å². The number of guanidine groups is 1. The molecule has 2 saturated heterocycles. The summed E-state index contributed by atoms with van der Waals surface area (Å²) in [4.78, 5) is 6.77. The third-order valence-electron chi connectivity index (χ3n) is 5.61. The highest BCUT2D eigenvalue weighted by atomic mass is 127. The molecule has 1 aromatic carbocycles.